The molecule has 2 amide bonds. The van der Waals surface area contributed by atoms with Crippen LogP contribution in [0.15, 0.2) is 59.3 Å². The van der Waals surface area contributed by atoms with E-state index >= 15 is 0 Å². The number of thiophene rings is 1. The van der Waals surface area contributed by atoms with E-state index < -0.39 is 11.9 Å². The molecule has 1 aliphatic heterocycles. The van der Waals surface area contributed by atoms with Crippen LogP contribution in [-0.4, -0.2) is 29.5 Å². The van der Waals surface area contributed by atoms with E-state index in [2.05, 4.69) is 5.32 Å². The van der Waals surface area contributed by atoms with E-state index in [9.17, 15) is 14.0 Å². The average Bonchev–Trinajstić information content (AvgIpc) is 3.57. The number of hydrogen-bond acceptors (Lipinski definition) is 5. The topological polar surface area (TPSA) is 67.9 Å². The van der Waals surface area contributed by atoms with E-state index in [0.29, 0.717) is 17.1 Å². The normalized spacial score (nSPS) is 15.9. The van der Waals surface area contributed by atoms with Crippen molar-refractivity contribution in [2.45, 2.75) is 57.2 Å². The number of nitrogens with one attached hydrogen (secondary N) is 1. The predicted octanol–water partition coefficient (Wildman–Crippen LogP) is 5.38. The molecule has 2 aliphatic rings. The fourth-order valence-corrected chi connectivity index (χ4v) is 5.54. The van der Waals surface area contributed by atoms with Crippen molar-refractivity contribution in [3.05, 3.63) is 81.8 Å². The minimum atomic E-state index is -0.899. The lowest BCUT2D eigenvalue weighted by Gasteiger charge is -2.33. The molecular formula is C28H29FN2O4S. The highest BCUT2D eigenvalue weighted by Crippen LogP contribution is 2.34. The van der Waals surface area contributed by atoms with Crippen molar-refractivity contribution in [3.8, 4) is 11.5 Å². The maximum atomic E-state index is 13.8. The molecule has 1 fully saturated rings. The highest BCUT2D eigenvalue weighted by molar-refractivity contribution is 7.08. The van der Waals surface area contributed by atoms with E-state index in [-0.39, 0.29) is 37.6 Å². The number of carbonyl (C=O) groups excluding carboxylic acids is 2. The fraction of sp³-hybridized carbons (Fsp3) is 0.357. The number of fused-ring (bicyclic) bond motifs is 1. The Morgan fingerprint density at radius 1 is 1.00 bits per heavy atom. The predicted molar refractivity (Wildman–Crippen MR) is 135 cm³/mol. The molecule has 36 heavy (non-hydrogen) atoms. The van der Waals surface area contributed by atoms with Gasteiger partial charge in [0.05, 0.1) is 6.42 Å². The quantitative estimate of drug-likeness (QED) is 0.444. The summed E-state index contributed by atoms with van der Waals surface area (Å²) in [5.74, 6) is 0.451. The molecule has 0 radical (unpaired) electrons. The molecule has 1 saturated carbocycles. The second kappa shape index (κ2) is 11.1. The second-order valence-electron chi connectivity index (χ2n) is 9.32. The van der Waals surface area contributed by atoms with E-state index in [1.165, 1.54) is 29.9 Å². The van der Waals surface area contributed by atoms with Crippen LogP contribution in [0, 0.1) is 5.82 Å². The molecule has 0 saturated heterocycles. The van der Waals surface area contributed by atoms with Gasteiger partial charge in [0.1, 0.15) is 11.9 Å². The van der Waals surface area contributed by atoms with Crippen molar-refractivity contribution >= 4 is 23.2 Å². The minimum absolute atomic E-state index is 0.0774. The molecule has 5 rings (SSSR count). The van der Waals surface area contributed by atoms with E-state index in [4.69, 9.17) is 9.47 Å². The molecule has 1 atom stereocenters. The number of halogens is 1. The van der Waals surface area contributed by atoms with Crippen molar-refractivity contribution in [1.82, 2.24) is 10.2 Å². The third-order valence-corrected chi connectivity index (χ3v) is 7.48. The standard InChI is InChI=1S/C28H29FN2O4S/c29-22-9-7-21(8-10-22)27(28(33)30-23-4-2-1-3-5-23)31(26(32)15-20-12-13-36-17-20)16-19-6-11-24-25(14-19)35-18-34-24/h6-14,17,23,27H,1-5,15-16,18H2,(H,30,33). The first kappa shape index (κ1) is 24.3. The van der Waals surface area contributed by atoms with Crippen LogP contribution in [0.1, 0.15) is 54.8 Å². The van der Waals surface area contributed by atoms with Crippen LogP contribution in [0.5, 0.6) is 11.5 Å². The van der Waals surface area contributed by atoms with Gasteiger partial charge < -0.3 is 19.7 Å². The van der Waals surface area contributed by atoms with E-state index in [0.717, 1.165) is 36.8 Å². The Bertz CT molecular complexity index is 1190. The van der Waals surface area contributed by atoms with Gasteiger partial charge >= 0.3 is 0 Å². The van der Waals surface area contributed by atoms with Gasteiger partial charge in [-0.1, -0.05) is 37.5 Å². The van der Waals surface area contributed by atoms with Crippen LogP contribution < -0.4 is 14.8 Å². The Hall–Kier alpha value is -3.39. The Labute approximate surface area is 214 Å². The van der Waals surface area contributed by atoms with Crippen LogP contribution in [0.2, 0.25) is 0 Å². The molecule has 2 heterocycles. The maximum Gasteiger partial charge on any atom is 0.247 e. The minimum Gasteiger partial charge on any atom is -0.454 e. The molecule has 1 N–H and O–H groups in total. The monoisotopic (exact) mass is 508 g/mol. The van der Waals surface area contributed by atoms with Crippen LogP contribution >= 0.6 is 11.3 Å². The van der Waals surface area contributed by atoms with Gasteiger partial charge in [0.25, 0.3) is 0 Å². The molecule has 8 heteroatoms. The molecule has 6 nitrogen and oxygen atoms in total. The summed E-state index contributed by atoms with van der Waals surface area (Å²) in [5, 5.41) is 7.05. The summed E-state index contributed by atoms with van der Waals surface area (Å²) < 4.78 is 24.8. The number of carbonyl (C=O) groups is 2. The summed E-state index contributed by atoms with van der Waals surface area (Å²) >= 11 is 1.52. The lowest BCUT2D eigenvalue weighted by atomic mass is 9.94. The van der Waals surface area contributed by atoms with Crippen LogP contribution in [0.4, 0.5) is 4.39 Å². The maximum absolute atomic E-state index is 13.8. The van der Waals surface area contributed by atoms with Gasteiger partial charge in [0.2, 0.25) is 18.6 Å². The molecular weight excluding hydrogens is 479 g/mol. The fourth-order valence-electron chi connectivity index (χ4n) is 4.87. The molecule has 188 valence electrons. The summed E-state index contributed by atoms with van der Waals surface area (Å²) in [4.78, 5) is 29.1. The zero-order valence-electron chi connectivity index (χ0n) is 20.0. The molecule has 1 unspecified atom stereocenters. The first-order valence-corrected chi connectivity index (χ1v) is 13.3. The van der Waals surface area contributed by atoms with Crippen LogP contribution in [0.3, 0.4) is 0 Å². The Balaban J connectivity index is 1.49. The van der Waals surface area contributed by atoms with Gasteiger partial charge in [0, 0.05) is 12.6 Å². The summed E-state index contributed by atoms with van der Waals surface area (Å²) in [6, 6.07) is 12.5. The Morgan fingerprint density at radius 2 is 1.78 bits per heavy atom. The molecule has 1 aliphatic carbocycles. The smallest absolute Gasteiger partial charge is 0.247 e. The molecule has 2 aromatic carbocycles. The van der Waals surface area contributed by atoms with Gasteiger partial charge in [-0.05, 0) is 70.6 Å². The van der Waals surface area contributed by atoms with Gasteiger partial charge in [-0.15, -0.1) is 0 Å². The zero-order chi connectivity index (χ0) is 24.9. The Kier molecular flexibility index (Phi) is 7.51. The molecule has 0 bridgehead atoms. The van der Waals surface area contributed by atoms with Crippen molar-refractivity contribution in [2.24, 2.45) is 0 Å². The first-order chi connectivity index (χ1) is 17.6. The van der Waals surface area contributed by atoms with E-state index in [1.807, 2.05) is 35.0 Å². The number of benzene rings is 2. The van der Waals surface area contributed by atoms with Crippen molar-refractivity contribution in [2.75, 3.05) is 6.79 Å². The first-order valence-electron chi connectivity index (χ1n) is 12.3. The number of amides is 2. The number of nitrogens with zero attached hydrogens (tertiary/aromatic N) is 1. The van der Waals surface area contributed by atoms with Crippen LogP contribution in [-0.2, 0) is 22.6 Å². The lowest BCUT2D eigenvalue weighted by molar-refractivity contribution is -0.141. The highest BCUT2D eigenvalue weighted by Gasteiger charge is 2.33. The number of ether oxygens (including phenoxy) is 2. The summed E-state index contributed by atoms with van der Waals surface area (Å²) in [6.07, 6.45) is 5.33. The van der Waals surface area contributed by atoms with Crippen LogP contribution in [0.25, 0.3) is 0 Å². The van der Waals surface area contributed by atoms with Gasteiger partial charge in [-0.25, -0.2) is 4.39 Å². The molecule has 1 aromatic heterocycles. The van der Waals surface area contributed by atoms with Gasteiger partial charge in [-0.3, -0.25) is 9.59 Å². The van der Waals surface area contributed by atoms with Gasteiger partial charge in [0.15, 0.2) is 11.5 Å². The average molecular weight is 509 g/mol. The third-order valence-electron chi connectivity index (χ3n) is 6.74. The SMILES string of the molecule is O=C(NC1CCCCC1)C(c1ccc(F)cc1)N(Cc1ccc2c(c1)OCO2)C(=O)Cc1ccsc1. The number of hydrogen-bond donors (Lipinski definition) is 1. The van der Waals surface area contributed by atoms with Crippen molar-refractivity contribution in [3.63, 3.8) is 0 Å². The van der Waals surface area contributed by atoms with Crippen molar-refractivity contribution in [1.29, 1.82) is 0 Å². The van der Waals surface area contributed by atoms with Crippen molar-refractivity contribution < 1.29 is 23.5 Å². The highest BCUT2D eigenvalue weighted by atomic mass is 32.1. The summed E-state index contributed by atoms with van der Waals surface area (Å²) in [7, 11) is 0. The number of rotatable bonds is 8. The summed E-state index contributed by atoms with van der Waals surface area (Å²) in [6.45, 7) is 0.349. The molecule has 0 spiro atoms. The third kappa shape index (κ3) is 5.70. The van der Waals surface area contributed by atoms with E-state index in [1.54, 1.807) is 17.0 Å². The zero-order valence-corrected chi connectivity index (χ0v) is 20.8. The molecule has 3 aromatic rings. The second-order valence-corrected chi connectivity index (χ2v) is 10.1. The van der Waals surface area contributed by atoms with Gasteiger partial charge in [-0.2, -0.15) is 11.3 Å². The largest absolute Gasteiger partial charge is 0.454 e. The summed E-state index contributed by atoms with van der Waals surface area (Å²) in [5.41, 5.74) is 2.28. The Morgan fingerprint density at radius 3 is 2.53 bits per heavy atom. The lowest BCUT2D eigenvalue weighted by Crippen LogP contribution is -2.47.